The number of benzene rings is 2. The van der Waals surface area contributed by atoms with Crippen LogP contribution in [-0.4, -0.2) is 23.9 Å². The van der Waals surface area contributed by atoms with Crippen LogP contribution in [0.15, 0.2) is 84.0 Å². The van der Waals surface area contributed by atoms with Crippen LogP contribution in [0.5, 0.6) is 0 Å². The second-order valence-electron chi connectivity index (χ2n) is 8.38. The fourth-order valence-electron chi connectivity index (χ4n) is 4.30. The topological polar surface area (TPSA) is 38.7 Å². The molecular formula is C25H28O3. The lowest BCUT2D eigenvalue weighted by Gasteiger charge is -2.29. The zero-order chi connectivity index (χ0) is 19.5. The number of fused-ring (bicyclic) bond motifs is 1. The van der Waals surface area contributed by atoms with Gasteiger partial charge in [-0.1, -0.05) is 60.7 Å². The molecular weight excluding hydrogens is 348 g/mol. The van der Waals surface area contributed by atoms with E-state index in [0.717, 1.165) is 12.8 Å². The van der Waals surface area contributed by atoms with Crippen molar-refractivity contribution in [3.8, 4) is 0 Å². The molecule has 146 valence electrons. The van der Waals surface area contributed by atoms with Crippen molar-refractivity contribution in [1.82, 2.24) is 0 Å². The quantitative estimate of drug-likeness (QED) is 0.718. The number of hydrogen-bond donors (Lipinski definition) is 1. The Balaban J connectivity index is 1.41. The Morgan fingerprint density at radius 1 is 0.750 bits per heavy atom. The lowest BCUT2D eigenvalue weighted by Crippen LogP contribution is -2.30. The predicted molar refractivity (Wildman–Crippen MR) is 111 cm³/mol. The number of hydrogen-bond acceptors (Lipinski definition) is 3. The molecule has 0 aliphatic heterocycles. The van der Waals surface area contributed by atoms with Crippen LogP contribution in [0.25, 0.3) is 0 Å². The molecule has 28 heavy (non-hydrogen) atoms. The minimum Gasteiger partial charge on any atom is -0.382 e. The van der Waals surface area contributed by atoms with E-state index < -0.39 is 5.60 Å². The third-order valence-corrected chi connectivity index (χ3v) is 5.52. The molecule has 0 saturated heterocycles. The maximum atomic E-state index is 10.3. The molecule has 0 aromatic heterocycles. The number of ether oxygens (including phenoxy) is 2. The molecule has 2 aliphatic rings. The molecule has 1 fully saturated rings. The molecule has 1 saturated carbocycles. The van der Waals surface area contributed by atoms with Gasteiger partial charge >= 0.3 is 0 Å². The van der Waals surface area contributed by atoms with Gasteiger partial charge in [0.15, 0.2) is 0 Å². The summed E-state index contributed by atoms with van der Waals surface area (Å²) >= 11 is 0. The predicted octanol–water partition coefficient (Wildman–Crippen LogP) is 4.82. The third kappa shape index (κ3) is 4.61. The highest BCUT2D eigenvalue weighted by Crippen LogP contribution is 2.49. The van der Waals surface area contributed by atoms with E-state index in [1.807, 2.05) is 55.5 Å². The van der Waals surface area contributed by atoms with Crippen molar-refractivity contribution < 1.29 is 14.6 Å². The van der Waals surface area contributed by atoms with Gasteiger partial charge in [0.25, 0.3) is 0 Å². The minimum absolute atomic E-state index is 0.0717. The molecule has 2 aromatic carbocycles. The van der Waals surface area contributed by atoms with E-state index in [4.69, 9.17) is 9.47 Å². The molecule has 0 unspecified atom stereocenters. The second-order valence-corrected chi connectivity index (χ2v) is 8.38. The van der Waals surface area contributed by atoms with Crippen LogP contribution in [0.1, 0.15) is 30.9 Å². The van der Waals surface area contributed by atoms with Crippen LogP contribution in [0, 0.1) is 5.41 Å². The van der Waals surface area contributed by atoms with Crippen LogP contribution >= 0.6 is 0 Å². The maximum absolute atomic E-state index is 10.3. The first-order valence-corrected chi connectivity index (χ1v) is 9.93. The fraction of sp³-hybridized carbons (Fsp3) is 0.360. The first-order chi connectivity index (χ1) is 13.5. The minimum atomic E-state index is -0.813. The van der Waals surface area contributed by atoms with Crippen LogP contribution in [0.2, 0.25) is 0 Å². The summed E-state index contributed by atoms with van der Waals surface area (Å²) in [6.45, 7) is 4.35. The summed E-state index contributed by atoms with van der Waals surface area (Å²) in [6, 6.07) is 20.5. The van der Waals surface area contributed by atoms with Crippen LogP contribution in [0.3, 0.4) is 0 Å². The van der Waals surface area contributed by atoms with Crippen LogP contribution < -0.4 is 0 Å². The Kier molecular flexibility index (Phi) is 5.49. The Morgan fingerprint density at radius 3 is 1.61 bits per heavy atom. The van der Waals surface area contributed by atoms with E-state index in [0.29, 0.717) is 26.4 Å². The molecule has 0 radical (unpaired) electrons. The van der Waals surface area contributed by atoms with E-state index in [9.17, 15) is 5.11 Å². The monoisotopic (exact) mass is 376 g/mol. The fourth-order valence-corrected chi connectivity index (χ4v) is 4.30. The molecule has 0 amide bonds. The lowest BCUT2D eigenvalue weighted by molar-refractivity contribution is -0.0266. The summed E-state index contributed by atoms with van der Waals surface area (Å²) in [6.07, 6.45) is 5.74. The zero-order valence-corrected chi connectivity index (χ0v) is 16.4. The van der Waals surface area contributed by atoms with Gasteiger partial charge in [-0.3, -0.25) is 0 Å². The summed E-state index contributed by atoms with van der Waals surface area (Å²) in [5.41, 5.74) is 3.97. The molecule has 1 N–H and O–H groups in total. The van der Waals surface area contributed by atoms with Crippen molar-refractivity contribution in [2.45, 2.75) is 38.6 Å². The van der Waals surface area contributed by atoms with E-state index in [1.54, 1.807) is 0 Å². The van der Waals surface area contributed by atoms with Gasteiger partial charge in [0.2, 0.25) is 0 Å². The van der Waals surface area contributed by atoms with Crippen molar-refractivity contribution in [2.24, 2.45) is 5.41 Å². The summed E-state index contributed by atoms with van der Waals surface area (Å²) in [7, 11) is 0. The van der Waals surface area contributed by atoms with Gasteiger partial charge < -0.3 is 14.6 Å². The Bertz CT molecular complexity index is 778. The van der Waals surface area contributed by atoms with Gasteiger partial charge in [0.05, 0.1) is 32.0 Å². The van der Waals surface area contributed by atoms with E-state index in [-0.39, 0.29) is 5.41 Å². The molecule has 0 bridgehead atoms. The molecule has 4 rings (SSSR count). The molecule has 0 heterocycles. The smallest absolute Gasteiger partial charge is 0.0992 e. The number of allylic oxidation sites excluding steroid dienone is 2. The Labute approximate surface area is 167 Å². The van der Waals surface area contributed by atoms with Crippen LogP contribution in [-0.2, 0) is 22.7 Å². The van der Waals surface area contributed by atoms with Gasteiger partial charge in [0, 0.05) is 5.41 Å². The van der Waals surface area contributed by atoms with Crippen molar-refractivity contribution >= 4 is 0 Å². The van der Waals surface area contributed by atoms with E-state index >= 15 is 0 Å². The number of aliphatic hydroxyl groups is 1. The maximum Gasteiger partial charge on any atom is 0.0992 e. The average Bonchev–Trinajstić information content (AvgIpc) is 3.13. The second kappa shape index (κ2) is 8.04. The lowest BCUT2D eigenvalue weighted by atomic mass is 9.86. The molecule has 3 heteroatoms. The summed E-state index contributed by atoms with van der Waals surface area (Å²) in [4.78, 5) is 0. The third-order valence-electron chi connectivity index (χ3n) is 5.52. The van der Waals surface area contributed by atoms with Crippen molar-refractivity contribution in [2.75, 3.05) is 13.2 Å². The van der Waals surface area contributed by atoms with Gasteiger partial charge in [-0.15, -0.1) is 0 Å². The largest absolute Gasteiger partial charge is 0.382 e. The number of rotatable bonds is 8. The van der Waals surface area contributed by atoms with Crippen LogP contribution in [0.4, 0.5) is 0 Å². The van der Waals surface area contributed by atoms with Crippen molar-refractivity contribution in [3.63, 3.8) is 0 Å². The van der Waals surface area contributed by atoms with E-state index in [1.165, 1.54) is 22.3 Å². The average molecular weight is 376 g/mol. The first-order valence-electron chi connectivity index (χ1n) is 9.93. The summed E-state index contributed by atoms with van der Waals surface area (Å²) in [5, 5.41) is 10.3. The van der Waals surface area contributed by atoms with E-state index in [2.05, 4.69) is 24.3 Å². The van der Waals surface area contributed by atoms with Gasteiger partial charge in [0.1, 0.15) is 0 Å². The summed E-state index contributed by atoms with van der Waals surface area (Å²) < 4.78 is 12.3. The Morgan fingerprint density at radius 2 is 1.18 bits per heavy atom. The molecule has 3 nitrogen and oxygen atoms in total. The van der Waals surface area contributed by atoms with Gasteiger partial charge in [-0.2, -0.15) is 0 Å². The van der Waals surface area contributed by atoms with Crippen molar-refractivity contribution in [3.05, 3.63) is 95.1 Å². The highest BCUT2D eigenvalue weighted by Gasteiger charge is 2.43. The first kappa shape index (κ1) is 19.1. The summed E-state index contributed by atoms with van der Waals surface area (Å²) in [5.74, 6) is 0. The Hall–Kier alpha value is -2.20. The molecule has 2 aromatic rings. The zero-order valence-electron chi connectivity index (χ0n) is 16.4. The SMILES string of the molecule is CC1(O)C=C2CC(COCc3ccccc3)(COCc3ccccc3)CC2=C1. The van der Waals surface area contributed by atoms with Gasteiger partial charge in [-0.05, 0) is 54.2 Å². The highest BCUT2D eigenvalue weighted by atomic mass is 16.5. The molecule has 0 atom stereocenters. The normalized spacial score (nSPS) is 19.2. The van der Waals surface area contributed by atoms with Crippen molar-refractivity contribution in [1.29, 1.82) is 0 Å². The molecule has 2 aliphatic carbocycles. The van der Waals surface area contributed by atoms with Gasteiger partial charge in [-0.25, -0.2) is 0 Å². The standard InChI is InChI=1S/C25H28O3/c1-24(26)12-22-14-25(15-23(22)13-24,18-27-16-20-8-4-2-5-9-20)19-28-17-21-10-6-3-7-11-21/h2-13,26H,14-19H2,1H3. The molecule has 0 spiro atoms. The highest BCUT2D eigenvalue weighted by molar-refractivity contribution is 5.48.